The lowest BCUT2D eigenvalue weighted by Gasteiger charge is -2.15. The molecule has 1 aromatic carbocycles. The van der Waals surface area contributed by atoms with Gasteiger partial charge in [0.25, 0.3) is 5.69 Å². The van der Waals surface area contributed by atoms with Crippen molar-refractivity contribution in [3.63, 3.8) is 0 Å². The van der Waals surface area contributed by atoms with Crippen LogP contribution in [0.2, 0.25) is 0 Å². The van der Waals surface area contributed by atoms with Crippen LogP contribution in [0.3, 0.4) is 0 Å². The number of hydrogen-bond acceptors (Lipinski definition) is 8. The van der Waals surface area contributed by atoms with Crippen LogP contribution < -0.4 is 11.1 Å². The first-order valence-corrected chi connectivity index (χ1v) is 8.19. The van der Waals surface area contributed by atoms with Crippen molar-refractivity contribution in [3.8, 4) is 0 Å². The van der Waals surface area contributed by atoms with Gasteiger partial charge in [-0.25, -0.2) is 0 Å². The maximum Gasteiger partial charge on any atom is 0.418 e. The zero-order valence-electron chi connectivity index (χ0n) is 12.4. The van der Waals surface area contributed by atoms with Gasteiger partial charge in [-0.1, -0.05) is 23.1 Å². The molecule has 0 aliphatic carbocycles. The highest BCUT2D eigenvalue weighted by molar-refractivity contribution is 8.02. The van der Waals surface area contributed by atoms with Gasteiger partial charge in [0, 0.05) is 12.1 Å². The van der Waals surface area contributed by atoms with Crippen molar-refractivity contribution >= 4 is 45.5 Å². The quantitative estimate of drug-likeness (QED) is 0.454. The second-order valence-corrected chi connectivity index (χ2v) is 7.24. The maximum atomic E-state index is 13.1. The van der Waals surface area contributed by atoms with Gasteiger partial charge in [-0.05, 0) is 13.0 Å². The molecule has 1 unspecified atom stereocenters. The van der Waals surface area contributed by atoms with Gasteiger partial charge in [-0.2, -0.15) is 13.2 Å². The summed E-state index contributed by atoms with van der Waals surface area (Å²) < 4.78 is 39.6. The molecular weight excluding hydrogens is 383 g/mol. The van der Waals surface area contributed by atoms with Gasteiger partial charge in [0.05, 0.1) is 21.4 Å². The summed E-state index contributed by atoms with van der Waals surface area (Å²) in [5.41, 5.74) is 2.82. The summed E-state index contributed by atoms with van der Waals surface area (Å²) in [6.45, 7) is 1.47. The van der Waals surface area contributed by atoms with Gasteiger partial charge >= 0.3 is 6.18 Å². The topological polar surface area (TPSA) is 124 Å². The first-order valence-electron chi connectivity index (χ1n) is 6.50. The van der Waals surface area contributed by atoms with Gasteiger partial charge in [-0.3, -0.25) is 14.9 Å². The number of non-ortho nitro benzene ring substituents is 1. The van der Waals surface area contributed by atoms with Crippen molar-refractivity contribution in [1.82, 2.24) is 10.2 Å². The van der Waals surface area contributed by atoms with Crippen molar-refractivity contribution in [2.75, 3.05) is 11.1 Å². The molecule has 134 valence electrons. The second-order valence-electron chi connectivity index (χ2n) is 4.64. The first kappa shape index (κ1) is 18.9. The van der Waals surface area contributed by atoms with E-state index in [9.17, 15) is 28.1 Å². The van der Waals surface area contributed by atoms with Gasteiger partial charge < -0.3 is 11.1 Å². The van der Waals surface area contributed by atoms with Crippen LogP contribution in [0.25, 0.3) is 0 Å². The predicted molar refractivity (Wildman–Crippen MR) is 86.4 cm³/mol. The lowest BCUT2D eigenvalue weighted by Crippen LogP contribution is -2.24. The number of thioether (sulfide) groups is 1. The molecular formula is C12H10F3N5O3S2. The van der Waals surface area contributed by atoms with Crippen molar-refractivity contribution in [2.24, 2.45) is 0 Å². The van der Waals surface area contributed by atoms with E-state index in [-0.39, 0.29) is 5.13 Å². The number of aromatic nitrogens is 2. The number of nitro benzene ring substituents is 1. The molecule has 2 rings (SSSR count). The molecule has 1 heterocycles. The van der Waals surface area contributed by atoms with E-state index in [1.165, 1.54) is 6.92 Å². The second kappa shape index (κ2) is 7.23. The third-order valence-corrected chi connectivity index (χ3v) is 4.78. The average Bonchev–Trinajstić information content (AvgIpc) is 2.91. The Morgan fingerprint density at radius 2 is 2.12 bits per heavy atom. The fourth-order valence-electron chi connectivity index (χ4n) is 1.70. The van der Waals surface area contributed by atoms with Crippen LogP contribution in [0.1, 0.15) is 12.5 Å². The van der Waals surface area contributed by atoms with Crippen LogP contribution in [0.4, 0.5) is 29.7 Å². The smallest absolute Gasteiger partial charge is 0.374 e. The van der Waals surface area contributed by atoms with Gasteiger partial charge in [0.1, 0.15) is 0 Å². The van der Waals surface area contributed by atoms with E-state index in [0.717, 1.165) is 35.2 Å². The minimum atomic E-state index is -4.86. The number of nitro groups is 1. The highest BCUT2D eigenvalue weighted by atomic mass is 32.2. The lowest BCUT2D eigenvalue weighted by atomic mass is 10.1. The molecule has 0 saturated carbocycles. The molecule has 2 aromatic rings. The van der Waals surface area contributed by atoms with E-state index < -0.39 is 39.2 Å². The Morgan fingerprint density at radius 1 is 1.44 bits per heavy atom. The Bertz CT molecular complexity index is 812. The summed E-state index contributed by atoms with van der Waals surface area (Å²) >= 11 is 2.01. The summed E-state index contributed by atoms with van der Waals surface area (Å²) in [6.07, 6.45) is -4.86. The van der Waals surface area contributed by atoms with E-state index in [2.05, 4.69) is 15.5 Å². The number of anilines is 2. The van der Waals surface area contributed by atoms with Crippen molar-refractivity contribution in [2.45, 2.75) is 22.7 Å². The molecule has 0 aliphatic rings. The predicted octanol–water partition coefficient (Wildman–Crippen LogP) is 3.17. The fourth-order valence-corrected chi connectivity index (χ4v) is 3.48. The van der Waals surface area contributed by atoms with Gasteiger partial charge in [-0.15, -0.1) is 10.2 Å². The summed E-state index contributed by atoms with van der Waals surface area (Å²) in [4.78, 5) is 21.8. The molecule has 0 aliphatic heterocycles. The monoisotopic (exact) mass is 393 g/mol. The fraction of sp³-hybridized carbons (Fsp3) is 0.250. The Morgan fingerprint density at radius 3 is 2.64 bits per heavy atom. The van der Waals surface area contributed by atoms with E-state index >= 15 is 0 Å². The molecule has 8 nitrogen and oxygen atoms in total. The number of alkyl halides is 3. The number of nitrogens with zero attached hydrogens (tertiary/aromatic N) is 3. The normalized spacial score (nSPS) is 12.6. The number of nitrogen functional groups attached to an aromatic ring is 1. The Hall–Kier alpha value is -2.41. The van der Waals surface area contributed by atoms with E-state index in [1.807, 2.05) is 0 Å². The molecule has 0 fully saturated rings. The molecule has 0 bridgehead atoms. The van der Waals surface area contributed by atoms with Crippen LogP contribution in [-0.4, -0.2) is 26.3 Å². The minimum Gasteiger partial charge on any atom is -0.374 e. The average molecular weight is 393 g/mol. The zero-order chi connectivity index (χ0) is 18.8. The minimum absolute atomic E-state index is 0.199. The number of nitrogens with one attached hydrogen (secondary N) is 1. The van der Waals surface area contributed by atoms with E-state index in [1.54, 1.807) is 0 Å². The van der Waals surface area contributed by atoms with Gasteiger partial charge in [0.2, 0.25) is 11.0 Å². The summed E-state index contributed by atoms with van der Waals surface area (Å²) in [5, 5.41) is 19.5. The number of hydrogen-bond donors (Lipinski definition) is 2. The number of rotatable bonds is 5. The molecule has 1 amide bonds. The highest BCUT2D eigenvalue weighted by Gasteiger charge is 2.36. The van der Waals surface area contributed by atoms with Crippen molar-refractivity contribution in [1.29, 1.82) is 0 Å². The molecule has 1 aromatic heterocycles. The zero-order valence-corrected chi connectivity index (χ0v) is 14.0. The number of carbonyl (C=O) groups excluding carboxylic acids is 1. The third kappa shape index (κ3) is 4.79. The van der Waals surface area contributed by atoms with Crippen LogP contribution in [0, 0.1) is 10.1 Å². The summed E-state index contributed by atoms with van der Waals surface area (Å²) in [5.74, 6) is -0.724. The molecule has 0 saturated heterocycles. The van der Waals surface area contributed by atoms with Crippen LogP contribution in [-0.2, 0) is 11.0 Å². The maximum absolute atomic E-state index is 13.1. The number of amides is 1. The van der Waals surface area contributed by atoms with Gasteiger partial charge in [0.15, 0.2) is 4.34 Å². The van der Waals surface area contributed by atoms with E-state index in [4.69, 9.17) is 5.73 Å². The Balaban J connectivity index is 2.20. The lowest BCUT2D eigenvalue weighted by molar-refractivity contribution is -0.385. The highest BCUT2D eigenvalue weighted by Crippen LogP contribution is 2.37. The first-order chi connectivity index (χ1) is 11.6. The van der Waals surface area contributed by atoms with Crippen molar-refractivity contribution < 1.29 is 22.9 Å². The molecule has 25 heavy (non-hydrogen) atoms. The molecule has 3 N–H and O–H groups in total. The Labute approximate surface area is 146 Å². The number of benzene rings is 1. The summed E-state index contributed by atoms with van der Waals surface area (Å²) in [6, 6.07) is 2.10. The molecule has 0 radical (unpaired) electrons. The Kier molecular flexibility index (Phi) is 5.47. The van der Waals surface area contributed by atoms with Crippen LogP contribution in [0.15, 0.2) is 22.5 Å². The van der Waals surface area contributed by atoms with Crippen molar-refractivity contribution in [3.05, 3.63) is 33.9 Å². The van der Waals surface area contributed by atoms with E-state index in [0.29, 0.717) is 10.4 Å². The standard InChI is InChI=1S/C12H10F3N5O3S2/c1-5(24-11-19-18-10(16)25-11)9(21)17-8-3-2-6(20(22)23)4-7(8)12(13,14)15/h2-5H,1H3,(H2,16,18)(H,17,21). The third-order valence-electron chi connectivity index (χ3n) is 2.85. The molecule has 1 atom stereocenters. The van der Waals surface area contributed by atoms with Crippen LogP contribution >= 0.6 is 23.1 Å². The SMILES string of the molecule is CC(Sc1nnc(N)s1)C(=O)Nc1ccc([N+](=O)[O-])cc1C(F)(F)F. The largest absolute Gasteiger partial charge is 0.418 e. The summed E-state index contributed by atoms with van der Waals surface area (Å²) in [7, 11) is 0. The molecule has 0 spiro atoms. The number of carbonyl (C=O) groups is 1. The van der Waals surface area contributed by atoms with Crippen LogP contribution in [0.5, 0.6) is 0 Å². The number of halogens is 3. The molecule has 13 heteroatoms. The number of nitrogens with two attached hydrogens (primary N) is 1.